The van der Waals surface area contributed by atoms with Crippen molar-refractivity contribution in [2.24, 2.45) is 0 Å². The summed E-state index contributed by atoms with van der Waals surface area (Å²) >= 11 is 5.99. The standard InChI is InChI=1S/C14H13ClFN3O/c15-12-5-10(16)2-1-9(12)7-19-8-18-13-6-17-4-3-11(13)14(19)20/h1-2,5,8,17H,3-4,6-7H2. The molecule has 20 heavy (non-hydrogen) atoms. The third-order valence-corrected chi connectivity index (χ3v) is 3.77. The molecule has 1 aromatic heterocycles. The Morgan fingerprint density at radius 1 is 1.45 bits per heavy atom. The molecule has 1 N–H and O–H groups in total. The van der Waals surface area contributed by atoms with E-state index in [1.165, 1.54) is 23.0 Å². The summed E-state index contributed by atoms with van der Waals surface area (Å²) in [5, 5.41) is 3.50. The lowest BCUT2D eigenvalue weighted by Crippen LogP contribution is -2.34. The molecular weight excluding hydrogens is 281 g/mol. The van der Waals surface area contributed by atoms with E-state index in [1.807, 2.05) is 0 Å². The lowest BCUT2D eigenvalue weighted by atomic mass is 10.1. The number of fused-ring (bicyclic) bond motifs is 1. The lowest BCUT2D eigenvalue weighted by Gasteiger charge is -2.17. The molecule has 0 atom stereocenters. The number of nitrogens with one attached hydrogen (secondary N) is 1. The van der Waals surface area contributed by atoms with Gasteiger partial charge in [0.2, 0.25) is 0 Å². The van der Waals surface area contributed by atoms with E-state index in [-0.39, 0.29) is 11.4 Å². The van der Waals surface area contributed by atoms with Crippen molar-refractivity contribution in [3.8, 4) is 0 Å². The fourth-order valence-electron chi connectivity index (χ4n) is 2.34. The second-order valence-corrected chi connectivity index (χ2v) is 5.17. The number of aromatic nitrogens is 2. The molecule has 1 aliphatic rings. The normalized spacial score (nSPS) is 14.1. The zero-order chi connectivity index (χ0) is 14.1. The van der Waals surface area contributed by atoms with Gasteiger partial charge in [-0.15, -0.1) is 0 Å². The molecule has 0 aliphatic carbocycles. The SMILES string of the molecule is O=c1c2c(ncn1Cc1ccc(F)cc1Cl)CNCC2. The van der Waals surface area contributed by atoms with Crippen LogP contribution in [0.1, 0.15) is 16.8 Å². The van der Waals surface area contributed by atoms with Gasteiger partial charge in [-0.2, -0.15) is 0 Å². The molecule has 0 unspecified atom stereocenters. The van der Waals surface area contributed by atoms with Crippen molar-refractivity contribution in [1.29, 1.82) is 0 Å². The Bertz CT molecular complexity index is 714. The molecule has 4 nitrogen and oxygen atoms in total. The van der Waals surface area contributed by atoms with Gasteiger partial charge in [-0.1, -0.05) is 17.7 Å². The van der Waals surface area contributed by atoms with Crippen LogP contribution in [-0.2, 0) is 19.5 Å². The Morgan fingerprint density at radius 3 is 3.10 bits per heavy atom. The second kappa shape index (κ2) is 5.34. The van der Waals surface area contributed by atoms with E-state index in [1.54, 1.807) is 6.07 Å². The maximum atomic E-state index is 13.0. The van der Waals surface area contributed by atoms with Crippen molar-refractivity contribution in [1.82, 2.24) is 14.9 Å². The van der Waals surface area contributed by atoms with Gasteiger partial charge in [0.15, 0.2) is 0 Å². The van der Waals surface area contributed by atoms with Crippen LogP contribution in [0.15, 0.2) is 29.3 Å². The van der Waals surface area contributed by atoms with Crippen LogP contribution in [0.5, 0.6) is 0 Å². The first-order valence-electron chi connectivity index (χ1n) is 6.37. The van der Waals surface area contributed by atoms with E-state index in [9.17, 15) is 9.18 Å². The van der Waals surface area contributed by atoms with Crippen molar-refractivity contribution in [3.63, 3.8) is 0 Å². The summed E-state index contributed by atoms with van der Waals surface area (Å²) < 4.78 is 14.5. The molecule has 0 bridgehead atoms. The lowest BCUT2D eigenvalue weighted by molar-refractivity contribution is 0.595. The monoisotopic (exact) mass is 293 g/mol. The molecule has 0 saturated heterocycles. The first-order chi connectivity index (χ1) is 9.65. The van der Waals surface area contributed by atoms with Gasteiger partial charge in [-0.05, 0) is 30.7 Å². The average Bonchev–Trinajstić information content (AvgIpc) is 2.45. The predicted octanol–water partition coefficient (Wildman–Crippen LogP) is 1.73. The van der Waals surface area contributed by atoms with Gasteiger partial charge in [0, 0.05) is 17.1 Å². The van der Waals surface area contributed by atoms with Gasteiger partial charge in [-0.3, -0.25) is 9.36 Å². The minimum absolute atomic E-state index is 0.0445. The van der Waals surface area contributed by atoms with Crippen molar-refractivity contribution >= 4 is 11.6 Å². The maximum absolute atomic E-state index is 13.0. The topological polar surface area (TPSA) is 46.9 Å². The first kappa shape index (κ1) is 13.3. The third kappa shape index (κ3) is 2.46. The van der Waals surface area contributed by atoms with Gasteiger partial charge in [0.05, 0.1) is 18.6 Å². The van der Waals surface area contributed by atoms with Gasteiger partial charge < -0.3 is 5.32 Å². The highest BCUT2D eigenvalue weighted by Gasteiger charge is 2.15. The van der Waals surface area contributed by atoms with Crippen LogP contribution in [0.25, 0.3) is 0 Å². The molecule has 2 heterocycles. The van der Waals surface area contributed by atoms with E-state index in [0.29, 0.717) is 30.1 Å². The summed E-state index contributed by atoms with van der Waals surface area (Å²) in [4.78, 5) is 16.7. The van der Waals surface area contributed by atoms with E-state index < -0.39 is 0 Å². The van der Waals surface area contributed by atoms with Gasteiger partial charge in [-0.25, -0.2) is 9.37 Å². The van der Waals surface area contributed by atoms with E-state index in [4.69, 9.17) is 11.6 Å². The minimum atomic E-state index is -0.388. The molecule has 2 aromatic rings. The number of nitrogens with zero attached hydrogens (tertiary/aromatic N) is 2. The molecule has 1 aliphatic heterocycles. The zero-order valence-corrected chi connectivity index (χ0v) is 11.5. The van der Waals surface area contributed by atoms with Gasteiger partial charge >= 0.3 is 0 Å². The Balaban J connectivity index is 1.97. The average molecular weight is 294 g/mol. The van der Waals surface area contributed by atoms with Crippen molar-refractivity contribution in [3.05, 3.63) is 62.5 Å². The Kier molecular flexibility index (Phi) is 3.54. The van der Waals surface area contributed by atoms with Crippen LogP contribution >= 0.6 is 11.6 Å². The number of hydrogen-bond donors (Lipinski definition) is 1. The summed E-state index contributed by atoms with van der Waals surface area (Å²) in [5.41, 5.74) is 2.22. The van der Waals surface area contributed by atoms with Crippen LogP contribution in [0.3, 0.4) is 0 Å². The molecule has 104 valence electrons. The number of hydrogen-bond acceptors (Lipinski definition) is 3. The zero-order valence-electron chi connectivity index (χ0n) is 10.7. The van der Waals surface area contributed by atoms with Crippen LogP contribution < -0.4 is 10.9 Å². The molecule has 3 rings (SSSR count). The number of rotatable bonds is 2. The van der Waals surface area contributed by atoms with Crippen molar-refractivity contribution in [2.75, 3.05) is 6.54 Å². The Morgan fingerprint density at radius 2 is 2.30 bits per heavy atom. The smallest absolute Gasteiger partial charge is 0.257 e. The molecule has 6 heteroatoms. The molecule has 0 amide bonds. The summed E-state index contributed by atoms with van der Waals surface area (Å²) in [5.74, 6) is -0.388. The number of halogens is 2. The fraction of sp³-hybridized carbons (Fsp3) is 0.286. The summed E-state index contributed by atoms with van der Waals surface area (Å²) in [6, 6.07) is 4.17. The summed E-state index contributed by atoms with van der Waals surface area (Å²) in [7, 11) is 0. The first-order valence-corrected chi connectivity index (χ1v) is 6.75. The molecular formula is C14H13ClFN3O. The van der Waals surface area contributed by atoms with E-state index in [2.05, 4.69) is 10.3 Å². The van der Waals surface area contributed by atoms with Crippen LogP contribution in [-0.4, -0.2) is 16.1 Å². The van der Waals surface area contributed by atoms with Gasteiger partial charge in [0.25, 0.3) is 5.56 Å². The Labute approximate surface area is 120 Å². The van der Waals surface area contributed by atoms with Crippen molar-refractivity contribution < 1.29 is 4.39 Å². The second-order valence-electron chi connectivity index (χ2n) is 4.77. The molecule has 0 radical (unpaired) electrons. The third-order valence-electron chi connectivity index (χ3n) is 3.42. The predicted molar refractivity (Wildman–Crippen MR) is 74.4 cm³/mol. The van der Waals surface area contributed by atoms with Gasteiger partial charge in [0.1, 0.15) is 5.82 Å². The molecule has 1 aromatic carbocycles. The minimum Gasteiger partial charge on any atom is -0.311 e. The van der Waals surface area contributed by atoms with Crippen molar-refractivity contribution in [2.45, 2.75) is 19.5 Å². The highest BCUT2D eigenvalue weighted by atomic mass is 35.5. The summed E-state index contributed by atoms with van der Waals surface area (Å²) in [6.45, 7) is 1.71. The van der Waals surface area contributed by atoms with Crippen LogP contribution in [0.4, 0.5) is 4.39 Å². The van der Waals surface area contributed by atoms with E-state index >= 15 is 0 Å². The largest absolute Gasteiger partial charge is 0.311 e. The quantitative estimate of drug-likeness (QED) is 0.917. The highest BCUT2D eigenvalue weighted by Crippen LogP contribution is 2.18. The van der Waals surface area contributed by atoms with Crippen LogP contribution in [0, 0.1) is 5.82 Å². The summed E-state index contributed by atoms with van der Waals surface area (Å²) in [6.07, 6.45) is 2.20. The molecule has 0 fully saturated rings. The van der Waals surface area contributed by atoms with Crippen LogP contribution in [0.2, 0.25) is 5.02 Å². The molecule has 0 spiro atoms. The Hall–Kier alpha value is -1.72. The van der Waals surface area contributed by atoms with E-state index in [0.717, 1.165) is 17.8 Å². The fourth-order valence-corrected chi connectivity index (χ4v) is 2.56. The number of benzene rings is 1. The highest BCUT2D eigenvalue weighted by molar-refractivity contribution is 6.31. The molecule has 0 saturated carbocycles. The maximum Gasteiger partial charge on any atom is 0.257 e.